The van der Waals surface area contributed by atoms with E-state index in [1.54, 1.807) is 18.3 Å². The first kappa shape index (κ1) is 14.6. The van der Waals surface area contributed by atoms with Gasteiger partial charge >= 0.3 is 5.97 Å². The van der Waals surface area contributed by atoms with E-state index in [1.165, 1.54) is 28.0 Å². The molecule has 8 heteroatoms. The van der Waals surface area contributed by atoms with Gasteiger partial charge in [-0.05, 0) is 18.4 Å². The van der Waals surface area contributed by atoms with E-state index in [2.05, 4.69) is 4.98 Å². The van der Waals surface area contributed by atoms with Gasteiger partial charge in [0.2, 0.25) is 0 Å². The molecule has 2 aromatic rings. The van der Waals surface area contributed by atoms with E-state index in [0.29, 0.717) is 22.2 Å². The number of carboxylic acids is 1. The van der Waals surface area contributed by atoms with Crippen LogP contribution in [0.5, 0.6) is 0 Å². The highest BCUT2D eigenvalue weighted by molar-refractivity contribution is 7.99. The van der Waals surface area contributed by atoms with Crippen LogP contribution in [0, 0.1) is 6.92 Å². The number of thioether (sulfide) groups is 1. The predicted molar refractivity (Wildman–Crippen MR) is 85.1 cm³/mol. The van der Waals surface area contributed by atoms with E-state index in [-0.39, 0.29) is 5.91 Å². The normalized spacial score (nSPS) is 18.1. The number of aryl methyl sites for hydroxylation is 1. The number of carbonyl (C=O) groups is 2. The third-order valence-electron chi connectivity index (χ3n) is 3.15. The topological polar surface area (TPSA) is 70.5 Å². The van der Waals surface area contributed by atoms with Crippen LogP contribution in [-0.2, 0) is 4.79 Å². The average molecular weight is 340 g/mol. The quantitative estimate of drug-likeness (QED) is 0.930. The van der Waals surface area contributed by atoms with Gasteiger partial charge in [-0.1, -0.05) is 6.07 Å². The fraction of sp³-hybridized carbons (Fsp3) is 0.308. The number of aromatic nitrogens is 1. The molecule has 1 amide bonds. The number of hydrogen-bond acceptors (Lipinski definition) is 6. The Balaban J connectivity index is 1.90. The van der Waals surface area contributed by atoms with Crippen molar-refractivity contribution in [3.63, 3.8) is 0 Å². The van der Waals surface area contributed by atoms with Gasteiger partial charge in [0.05, 0.1) is 16.4 Å². The van der Waals surface area contributed by atoms with Gasteiger partial charge in [-0.25, -0.2) is 9.78 Å². The van der Waals surface area contributed by atoms with Crippen LogP contribution in [0.2, 0.25) is 0 Å². The van der Waals surface area contributed by atoms with Crippen molar-refractivity contribution in [3.8, 4) is 9.88 Å². The second kappa shape index (κ2) is 5.78. The second-order valence-electron chi connectivity index (χ2n) is 4.54. The lowest BCUT2D eigenvalue weighted by Gasteiger charge is -2.19. The smallest absolute Gasteiger partial charge is 0.327 e. The molecule has 1 unspecified atom stereocenters. The maximum atomic E-state index is 12.6. The summed E-state index contributed by atoms with van der Waals surface area (Å²) in [6, 6.07) is 3.16. The zero-order chi connectivity index (χ0) is 15.0. The lowest BCUT2D eigenvalue weighted by molar-refractivity contribution is -0.140. The molecule has 3 heterocycles. The molecule has 1 aliphatic rings. The van der Waals surface area contributed by atoms with Crippen molar-refractivity contribution in [2.45, 2.75) is 13.0 Å². The summed E-state index contributed by atoms with van der Waals surface area (Å²) in [5.74, 6) is -0.322. The van der Waals surface area contributed by atoms with Gasteiger partial charge in [0.15, 0.2) is 0 Å². The highest BCUT2D eigenvalue weighted by Gasteiger charge is 2.36. The van der Waals surface area contributed by atoms with E-state index in [4.69, 9.17) is 0 Å². The Hall–Kier alpha value is -1.38. The zero-order valence-electron chi connectivity index (χ0n) is 11.1. The van der Waals surface area contributed by atoms with Gasteiger partial charge in [-0.2, -0.15) is 0 Å². The number of amides is 1. The molecule has 0 aromatic carbocycles. The molecule has 0 spiro atoms. The second-order valence-corrected chi connectivity index (χ2v) is 7.49. The van der Waals surface area contributed by atoms with Crippen LogP contribution in [0.1, 0.15) is 15.4 Å². The Morgan fingerprint density at radius 3 is 2.95 bits per heavy atom. The van der Waals surface area contributed by atoms with Crippen LogP contribution in [0.4, 0.5) is 0 Å². The first-order chi connectivity index (χ1) is 10.1. The van der Waals surface area contributed by atoms with Gasteiger partial charge in [0.1, 0.15) is 15.9 Å². The minimum atomic E-state index is -0.950. The van der Waals surface area contributed by atoms with Crippen molar-refractivity contribution < 1.29 is 14.7 Å². The molecular weight excluding hydrogens is 328 g/mol. The molecule has 1 fully saturated rings. The Bertz CT molecular complexity index is 681. The zero-order valence-corrected chi connectivity index (χ0v) is 13.6. The maximum absolute atomic E-state index is 12.6. The minimum Gasteiger partial charge on any atom is -0.480 e. The molecule has 2 aromatic heterocycles. The number of carboxylic acid groups (broad SMARTS) is 1. The minimum absolute atomic E-state index is 0.231. The van der Waals surface area contributed by atoms with Crippen LogP contribution >= 0.6 is 34.4 Å². The molecule has 0 radical (unpaired) electrons. The van der Waals surface area contributed by atoms with E-state index >= 15 is 0 Å². The fourth-order valence-corrected chi connectivity index (χ4v) is 5.04. The van der Waals surface area contributed by atoms with Crippen LogP contribution in [-0.4, -0.2) is 44.5 Å². The maximum Gasteiger partial charge on any atom is 0.327 e. The molecule has 1 saturated heterocycles. The van der Waals surface area contributed by atoms with Crippen molar-refractivity contribution in [1.82, 2.24) is 9.88 Å². The lowest BCUT2D eigenvalue weighted by Crippen LogP contribution is -2.41. The lowest BCUT2D eigenvalue weighted by atomic mass is 10.2. The van der Waals surface area contributed by atoms with Gasteiger partial charge < -0.3 is 10.0 Å². The Labute approximate surface area is 133 Å². The molecule has 0 saturated carbocycles. The number of aliphatic carboxylic acids is 1. The summed E-state index contributed by atoms with van der Waals surface area (Å²) in [4.78, 5) is 31.2. The third-order valence-corrected chi connectivity index (χ3v) is 6.35. The average Bonchev–Trinajstić information content (AvgIpc) is 3.18. The van der Waals surface area contributed by atoms with Gasteiger partial charge in [-0.15, -0.1) is 34.4 Å². The first-order valence-electron chi connectivity index (χ1n) is 6.20. The summed E-state index contributed by atoms with van der Waals surface area (Å²) in [6.07, 6.45) is 0. The van der Waals surface area contributed by atoms with Gasteiger partial charge in [0, 0.05) is 5.75 Å². The standard InChI is InChI=1S/C13H12N2O3S3/c1-7-10(21-11(14-7)9-3-2-4-20-9)12(16)15-6-19-5-8(15)13(17)18/h2-4,8H,5-6H2,1H3,(H,17,18). The molecule has 5 nitrogen and oxygen atoms in total. The highest BCUT2D eigenvalue weighted by Crippen LogP contribution is 2.33. The molecule has 0 bridgehead atoms. The van der Waals surface area contributed by atoms with Gasteiger partial charge in [0.25, 0.3) is 5.91 Å². The number of thiazole rings is 1. The van der Waals surface area contributed by atoms with E-state index < -0.39 is 12.0 Å². The summed E-state index contributed by atoms with van der Waals surface area (Å²) in [6.45, 7) is 1.79. The largest absolute Gasteiger partial charge is 0.480 e. The van der Waals surface area contributed by atoms with Crippen molar-refractivity contribution in [2.75, 3.05) is 11.6 Å². The van der Waals surface area contributed by atoms with Gasteiger partial charge in [-0.3, -0.25) is 4.79 Å². The number of hydrogen-bond donors (Lipinski definition) is 1. The van der Waals surface area contributed by atoms with Crippen LogP contribution in [0.25, 0.3) is 9.88 Å². The Morgan fingerprint density at radius 1 is 1.48 bits per heavy atom. The predicted octanol–water partition coefficient (Wildman–Crippen LogP) is 2.78. The van der Waals surface area contributed by atoms with Crippen LogP contribution in [0.15, 0.2) is 17.5 Å². The third kappa shape index (κ3) is 2.70. The van der Waals surface area contributed by atoms with Crippen molar-refractivity contribution >= 4 is 46.3 Å². The van der Waals surface area contributed by atoms with E-state index in [9.17, 15) is 14.7 Å². The number of nitrogens with zero attached hydrogens (tertiary/aromatic N) is 2. The SMILES string of the molecule is Cc1nc(-c2cccs2)sc1C(=O)N1CSCC1C(=O)O. The number of thiophene rings is 1. The molecular formula is C13H12N2O3S3. The van der Waals surface area contributed by atoms with Crippen molar-refractivity contribution in [3.05, 3.63) is 28.1 Å². The molecule has 0 aliphatic carbocycles. The van der Waals surface area contributed by atoms with Crippen molar-refractivity contribution in [2.24, 2.45) is 0 Å². The highest BCUT2D eigenvalue weighted by atomic mass is 32.2. The molecule has 1 atom stereocenters. The number of carbonyl (C=O) groups excluding carboxylic acids is 1. The van der Waals surface area contributed by atoms with Crippen LogP contribution < -0.4 is 0 Å². The molecule has 110 valence electrons. The van der Waals surface area contributed by atoms with E-state index in [1.807, 2.05) is 17.5 Å². The molecule has 1 aliphatic heterocycles. The Kier molecular flexibility index (Phi) is 4.01. The molecule has 21 heavy (non-hydrogen) atoms. The van der Waals surface area contributed by atoms with Crippen LogP contribution in [0.3, 0.4) is 0 Å². The van der Waals surface area contributed by atoms with Crippen molar-refractivity contribution in [1.29, 1.82) is 0 Å². The molecule has 3 rings (SSSR count). The van der Waals surface area contributed by atoms with E-state index in [0.717, 1.165) is 9.88 Å². The number of rotatable bonds is 3. The summed E-state index contributed by atoms with van der Waals surface area (Å²) < 4.78 is 0. The summed E-state index contributed by atoms with van der Waals surface area (Å²) in [5, 5.41) is 12.0. The monoisotopic (exact) mass is 340 g/mol. The summed E-state index contributed by atoms with van der Waals surface area (Å²) >= 11 is 4.37. The first-order valence-corrected chi connectivity index (χ1v) is 9.06. The Morgan fingerprint density at radius 2 is 2.29 bits per heavy atom. The molecule has 1 N–H and O–H groups in total. The summed E-state index contributed by atoms with van der Waals surface area (Å²) in [7, 11) is 0. The fourth-order valence-electron chi connectivity index (χ4n) is 2.08. The summed E-state index contributed by atoms with van der Waals surface area (Å²) in [5.41, 5.74) is 0.662.